The van der Waals surface area contributed by atoms with Crippen molar-refractivity contribution in [1.82, 2.24) is 14.5 Å². The van der Waals surface area contributed by atoms with Crippen molar-refractivity contribution in [2.24, 2.45) is 0 Å². The van der Waals surface area contributed by atoms with Crippen molar-refractivity contribution < 1.29 is 14.7 Å². The van der Waals surface area contributed by atoms with Gasteiger partial charge < -0.3 is 10.0 Å². The first kappa shape index (κ1) is 15.2. The molecule has 0 aliphatic heterocycles. The van der Waals surface area contributed by atoms with Crippen LogP contribution in [0.4, 0.5) is 0 Å². The lowest BCUT2D eigenvalue weighted by molar-refractivity contribution is -0.144. The predicted octanol–water partition coefficient (Wildman–Crippen LogP) is 0.781. The molecule has 0 aromatic carbocycles. The van der Waals surface area contributed by atoms with Crippen LogP contribution in [0.1, 0.15) is 13.3 Å². The molecule has 0 atom stereocenters. The van der Waals surface area contributed by atoms with Crippen molar-refractivity contribution in [3.8, 4) is 0 Å². The molecule has 0 radical (unpaired) electrons. The van der Waals surface area contributed by atoms with E-state index in [-0.39, 0.29) is 31.0 Å². The SMILES string of the molecule is CCN(CC(=O)O)C(=O)CCn1cnc2sccc2c1=O. The molecular formula is C13H15N3O4S. The third-order valence-electron chi connectivity index (χ3n) is 3.08. The lowest BCUT2D eigenvalue weighted by Crippen LogP contribution is -2.36. The molecule has 2 rings (SSSR count). The van der Waals surface area contributed by atoms with E-state index >= 15 is 0 Å². The van der Waals surface area contributed by atoms with Gasteiger partial charge in [-0.1, -0.05) is 0 Å². The molecule has 1 N–H and O–H groups in total. The Morgan fingerprint density at radius 3 is 2.90 bits per heavy atom. The summed E-state index contributed by atoms with van der Waals surface area (Å²) in [4.78, 5) is 40.8. The van der Waals surface area contributed by atoms with Gasteiger partial charge in [-0.05, 0) is 18.4 Å². The highest BCUT2D eigenvalue weighted by atomic mass is 32.1. The van der Waals surface area contributed by atoms with Crippen LogP contribution in [-0.4, -0.2) is 44.5 Å². The van der Waals surface area contributed by atoms with Crippen LogP contribution < -0.4 is 5.56 Å². The average molecular weight is 309 g/mol. The smallest absolute Gasteiger partial charge is 0.323 e. The summed E-state index contributed by atoms with van der Waals surface area (Å²) < 4.78 is 1.38. The first-order valence-electron chi connectivity index (χ1n) is 6.45. The second-order valence-corrected chi connectivity index (χ2v) is 5.33. The Hall–Kier alpha value is -2.22. The van der Waals surface area contributed by atoms with E-state index < -0.39 is 5.97 Å². The molecule has 112 valence electrons. The molecule has 2 heterocycles. The van der Waals surface area contributed by atoms with Crippen LogP contribution in [0.2, 0.25) is 0 Å². The average Bonchev–Trinajstić information content (AvgIpc) is 2.92. The van der Waals surface area contributed by atoms with Crippen LogP contribution in [0.25, 0.3) is 10.2 Å². The largest absolute Gasteiger partial charge is 0.480 e. The quantitative estimate of drug-likeness (QED) is 0.851. The number of carbonyl (C=O) groups excluding carboxylic acids is 1. The topological polar surface area (TPSA) is 92.5 Å². The van der Waals surface area contributed by atoms with Crippen LogP contribution in [0.3, 0.4) is 0 Å². The second kappa shape index (κ2) is 6.49. The highest BCUT2D eigenvalue weighted by Crippen LogP contribution is 2.13. The third kappa shape index (κ3) is 3.46. The summed E-state index contributed by atoms with van der Waals surface area (Å²) >= 11 is 1.39. The second-order valence-electron chi connectivity index (χ2n) is 4.43. The van der Waals surface area contributed by atoms with Gasteiger partial charge in [-0.15, -0.1) is 11.3 Å². The number of fused-ring (bicyclic) bond motifs is 1. The van der Waals surface area contributed by atoms with Gasteiger partial charge in [-0.25, -0.2) is 4.98 Å². The minimum atomic E-state index is -1.05. The monoisotopic (exact) mass is 309 g/mol. The van der Waals surface area contributed by atoms with Gasteiger partial charge in [-0.3, -0.25) is 19.0 Å². The van der Waals surface area contributed by atoms with E-state index in [1.807, 2.05) is 0 Å². The summed E-state index contributed by atoms with van der Waals surface area (Å²) in [5.74, 6) is -1.35. The van der Waals surface area contributed by atoms with Gasteiger partial charge in [0.1, 0.15) is 11.4 Å². The summed E-state index contributed by atoms with van der Waals surface area (Å²) in [5, 5.41) is 11.1. The molecule has 8 heteroatoms. The molecule has 7 nitrogen and oxygen atoms in total. The Morgan fingerprint density at radius 1 is 1.48 bits per heavy atom. The van der Waals surface area contributed by atoms with Crippen LogP contribution >= 0.6 is 11.3 Å². The summed E-state index contributed by atoms with van der Waals surface area (Å²) in [5.41, 5.74) is -0.185. The Labute approximate surface area is 124 Å². The molecule has 2 aromatic heterocycles. The van der Waals surface area contributed by atoms with Crippen LogP contribution in [0.5, 0.6) is 0 Å². The van der Waals surface area contributed by atoms with Crippen molar-refractivity contribution in [2.45, 2.75) is 19.9 Å². The minimum Gasteiger partial charge on any atom is -0.480 e. The van der Waals surface area contributed by atoms with Crippen molar-refractivity contribution in [1.29, 1.82) is 0 Å². The number of hydrogen-bond acceptors (Lipinski definition) is 5. The number of hydrogen-bond donors (Lipinski definition) is 1. The summed E-state index contributed by atoms with van der Waals surface area (Å²) in [6.07, 6.45) is 1.49. The minimum absolute atomic E-state index is 0.0678. The number of carboxylic acids is 1. The van der Waals surface area contributed by atoms with E-state index in [1.54, 1.807) is 18.4 Å². The Kier molecular flexibility index (Phi) is 4.69. The van der Waals surface area contributed by atoms with E-state index in [4.69, 9.17) is 5.11 Å². The summed E-state index contributed by atoms with van der Waals surface area (Å²) in [7, 11) is 0. The number of aromatic nitrogens is 2. The standard InChI is InChI=1S/C13H15N3O4S/c1-2-15(7-11(18)19)10(17)3-5-16-8-14-12-9(13(16)20)4-6-21-12/h4,6,8H,2-3,5,7H2,1H3,(H,18,19). The number of aryl methyl sites for hydroxylation is 1. The van der Waals surface area contributed by atoms with Crippen LogP contribution in [0.15, 0.2) is 22.6 Å². The number of carbonyl (C=O) groups is 2. The zero-order valence-electron chi connectivity index (χ0n) is 11.5. The van der Waals surface area contributed by atoms with Gasteiger partial charge >= 0.3 is 5.97 Å². The molecule has 21 heavy (non-hydrogen) atoms. The molecule has 0 saturated heterocycles. The van der Waals surface area contributed by atoms with E-state index in [9.17, 15) is 14.4 Å². The molecular weight excluding hydrogens is 294 g/mol. The number of aliphatic carboxylic acids is 1. The van der Waals surface area contributed by atoms with Crippen molar-refractivity contribution >= 4 is 33.4 Å². The molecule has 1 amide bonds. The molecule has 0 spiro atoms. The molecule has 2 aromatic rings. The zero-order valence-corrected chi connectivity index (χ0v) is 12.3. The Morgan fingerprint density at radius 2 is 2.24 bits per heavy atom. The highest BCUT2D eigenvalue weighted by Gasteiger charge is 2.15. The fraction of sp³-hybridized carbons (Fsp3) is 0.385. The van der Waals surface area contributed by atoms with Gasteiger partial charge in [0.15, 0.2) is 0 Å². The molecule has 0 aliphatic rings. The maximum Gasteiger partial charge on any atom is 0.323 e. The molecule has 0 fully saturated rings. The third-order valence-corrected chi connectivity index (χ3v) is 3.90. The molecule has 0 bridgehead atoms. The fourth-order valence-electron chi connectivity index (χ4n) is 1.97. The van der Waals surface area contributed by atoms with Crippen LogP contribution in [0, 0.1) is 0 Å². The predicted molar refractivity (Wildman–Crippen MR) is 78.4 cm³/mol. The maximum atomic E-state index is 12.1. The molecule has 0 unspecified atom stereocenters. The Bertz CT molecular complexity index is 722. The van der Waals surface area contributed by atoms with Crippen molar-refractivity contribution in [3.05, 3.63) is 28.1 Å². The van der Waals surface area contributed by atoms with Gasteiger partial charge in [0.2, 0.25) is 5.91 Å². The number of amides is 1. The lowest BCUT2D eigenvalue weighted by atomic mass is 10.3. The highest BCUT2D eigenvalue weighted by molar-refractivity contribution is 7.16. The van der Waals surface area contributed by atoms with E-state index in [0.29, 0.717) is 16.8 Å². The first-order valence-corrected chi connectivity index (χ1v) is 7.33. The van der Waals surface area contributed by atoms with Gasteiger partial charge in [0.25, 0.3) is 5.56 Å². The Balaban J connectivity index is 2.07. The number of nitrogens with zero attached hydrogens (tertiary/aromatic N) is 3. The van der Waals surface area contributed by atoms with E-state index in [2.05, 4.69) is 4.98 Å². The molecule has 0 saturated carbocycles. The first-order chi connectivity index (χ1) is 10.0. The zero-order chi connectivity index (χ0) is 15.4. The van der Waals surface area contributed by atoms with Crippen LogP contribution in [-0.2, 0) is 16.1 Å². The molecule has 0 aliphatic carbocycles. The summed E-state index contributed by atoms with van der Waals surface area (Å²) in [6.45, 7) is 1.90. The van der Waals surface area contributed by atoms with Crippen molar-refractivity contribution in [3.63, 3.8) is 0 Å². The summed E-state index contributed by atoms with van der Waals surface area (Å²) in [6, 6.07) is 1.70. The number of rotatable bonds is 6. The van der Waals surface area contributed by atoms with Gasteiger partial charge in [0.05, 0.1) is 11.7 Å². The van der Waals surface area contributed by atoms with E-state index in [1.165, 1.54) is 27.1 Å². The van der Waals surface area contributed by atoms with E-state index in [0.717, 1.165) is 0 Å². The number of thiophene rings is 1. The maximum absolute atomic E-state index is 12.1. The van der Waals surface area contributed by atoms with Gasteiger partial charge in [0, 0.05) is 19.5 Å². The fourth-order valence-corrected chi connectivity index (χ4v) is 2.69. The normalized spacial score (nSPS) is 10.7. The number of likely N-dealkylation sites (N-methyl/N-ethyl adjacent to an activating group) is 1. The lowest BCUT2D eigenvalue weighted by Gasteiger charge is -2.18. The van der Waals surface area contributed by atoms with Gasteiger partial charge in [-0.2, -0.15) is 0 Å². The van der Waals surface area contributed by atoms with Crippen molar-refractivity contribution in [2.75, 3.05) is 13.1 Å². The number of carboxylic acid groups (broad SMARTS) is 1.